The van der Waals surface area contributed by atoms with E-state index in [2.05, 4.69) is 0 Å². The molecular weight excluding hydrogens is 435 g/mol. The Kier molecular flexibility index (Phi) is 5.01. The Morgan fingerprint density at radius 2 is 2.00 bits per heavy atom. The van der Waals surface area contributed by atoms with Crippen molar-refractivity contribution >= 4 is 35.7 Å². The van der Waals surface area contributed by atoms with Crippen molar-refractivity contribution in [1.82, 2.24) is 0 Å². The van der Waals surface area contributed by atoms with E-state index >= 15 is 0 Å². The Morgan fingerprint density at radius 3 is 2.72 bits per heavy atom. The number of carbonyl (C=O) groups is 3. The van der Waals surface area contributed by atoms with E-state index in [1.807, 2.05) is 0 Å². The Balaban J connectivity index is 1.38. The number of rotatable bonds is 7. The third kappa shape index (κ3) is 3.30. The van der Waals surface area contributed by atoms with Crippen molar-refractivity contribution in [3.63, 3.8) is 0 Å². The lowest BCUT2D eigenvalue weighted by Gasteiger charge is -2.69. The maximum absolute atomic E-state index is 13.5. The van der Waals surface area contributed by atoms with E-state index in [0.717, 1.165) is 12.8 Å². The first-order valence-electron chi connectivity index (χ1n) is 10.8. The summed E-state index contributed by atoms with van der Waals surface area (Å²) in [5.74, 6) is -1.06. The first-order chi connectivity index (χ1) is 15.1. The summed E-state index contributed by atoms with van der Waals surface area (Å²) in [7, 11) is 1.42. The predicted molar refractivity (Wildman–Crippen MR) is 112 cm³/mol. The van der Waals surface area contributed by atoms with Gasteiger partial charge in [0, 0.05) is 11.8 Å². The monoisotopic (exact) mass is 458 g/mol. The fraction of sp³-hybridized carbons (Fsp3) is 0.591. The van der Waals surface area contributed by atoms with Gasteiger partial charge in [-0.25, -0.2) is 4.79 Å². The Hall–Kier alpha value is -2.20. The highest BCUT2D eigenvalue weighted by Crippen LogP contribution is 2.72. The molecule has 6 fully saturated rings. The normalized spacial score (nSPS) is 34.2. The summed E-state index contributed by atoms with van der Waals surface area (Å²) in [6, 6.07) is 4.52. The zero-order valence-electron chi connectivity index (χ0n) is 17.4. The molecule has 10 heteroatoms. The van der Waals surface area contributed by atoms with Crippen LogP contribution < -0.4 is 4.74 Å². The Morgan fingerprint density at radius 1 is 1.22 bits per heavy atom. The minimum absolute atomic E-state index is 0.00292. The van der Waals surface area contributed by atoms with E-state index in [1.165, 1.54) is 12.1 Å². The predicted octanol–water partition coefficient (Wildman–Crippen LogP) is 1.56. The van der Waals surface area contributed by atoms with Gasteiger partial charge >= 0.3 is 11.9 Å². The molecule has 7 rings (SSSR count). The molecule has 32 heavy (non-hydrogen) atoms. The first-order valence-corrected chi connectivity index (χ1v) is 12.4. The molecule has 1 aromatic carbocycles. The van der Waals surface area contributed by atoms with Crippen molar-refractivity contribution in [2.75, 3.05) is 12.4 Å². The van der Waals surface area contributed by atoms with Crippen molar-refractivity contribution in [2.45, 2.75) is 32.0 Å². The van der Waals surface area contributed by atoms with Crippen LogP contribution in [0.5, 0.6) is 5.75 Å². The summed E-state index contributed by atoms with van der Waals surface area (Å²) in [5, 5.41) is 0. The fourth-order valence-electron chi connectivity index (χ4n) is 6.58. The molecule has 1 N–H and O–H groups in total. The molecule has 1 aromatic rings. The van der Waals surface area contributed by atoms with Gasteiger partial charge in [0.1, 0.15) is 29.5 Å². The number of ketones is 1. The van der Waals surface area contributed by atoms with Crippen molar-refractivity contribution in [1.29, 1.82) is 0 Å². The van der Waals surface area contributed by atoms with Crippen LogP contribution in [0.4, 0.5) is 0 Å². The second-order valence-electron chi connectivity index (χ2n) is 9.54. The number of benzene rings is 1. The second-order valence-corrected chi connectivity index (χ2v) is 11.1. The van der Waals surface area contributed by atoms with Crippen molar-refractivity contribution in [2.24, 2.45) is 35.0 Å². The molecule has 0 saturated heterocycles. The number of esters is 2. The number of carbonyl (C=O) groups excluding carboxylic acids is 3. The average molecular weight is 458 g/mol. The molecule has 0 aromatic heterocycles. The van der Waals surface area contributed by atoms with Crippen LogP contribution in [0, 0.1) is 35.0 Å². The fourth-order valence-corrected chi connectivity index (χ4v) is 6.87. The highest BCUT2D eigenvalue weighted by atomic mass is 32.2. The average Bonchev–Trinajstić information content (AvgIpc) is 2.70. The van der Waals surface area contributed by atoms with Crippen molar-refractivity contribution < 1.29 is 36.8 Å². The minimum atomic E-state index is -4.28. The second kappa shape index (κ2) is 7.41. The molecule has 6 saturated carbocycles. The highest BCUT2D eigenvalue weighted by Gasteiger charge is 2.73. The molecule has 8 nitrogen and oxygen atoms in total. The van der Waals surface area contributed by atoms with E-state index in [-0.39, 0.29) is 35.4 Å². The van der Waals surface area contributed by atoms with E-state index in [9.17, 15) is 22.8 Å². The number of Topliss-reactive ketones (excluding diaryl/α,β-unsaturated/α-hetero) is 1. The van der Waals surface area contributed by atoms with E-state index < -0.39 is 39.8 Å². The first kappa shape index (κ1) is 21.6. The molecular formula is C22H23BO8S. The highest BCUT2D eigenvalue weighted by molar-refractivity contribution is 7.85. The van der Waals surface area contributed by atoms with Gasteiger partial charge in [-0.2, -0.15) is 8.42 Å². The maximum Gasteiger partial charge on any atom is 0.341 e. The van der Waals surface area contributed by atoms with E-state index in [4.69, 9.17) is 21.9 Å². The van der Waals surface area contributed by atoms with Gasteiger partial charge < -0.3 is 9.47 Å². The van der Waals surface area contributed by atoms with Crippen LogP contribution in [-0.2, 0) is 30.8 Å². The number of hydrogen-bond acceptors (Lipinski definition) is 7. The van der Waals surface area contributed by atoms with Gasteiger partial charge in [0.2, 0.25) is 0 Å². The minimum Gasteiger partial charge on any atom is -0.461 e. The van der Waals surface area contributed by atoms with Crippen LogP contribution in [0.3, 0.4) is 0 Å². The molecule has 0 amide bonds. The molecule has 6 bridgehead atoms. The van der Waals surface area contributed by atoms with Crippen LogP contribution in [0.25, 0.3) is 0 Å². The van der Waals surface area contributed by atoms with Crippen LogP contribution in [-0.4, -0.2) is 50.9 Å². The maximum atomic E-state index is 13.5. The van der Waals surface area contributed by atoms with Crippen LogP contribution in [0.15, 0.2) is 18.2 Å². The topological polar surface area (TPSA) is 124 Å². The van der Waals surface area contributed by atoms with Crippen LogP contribution in [0.1, 0.15) is 41.6 Å². The summed E-state index contributed by atoms with van der Waals surface area (Å²) in [6.45, 7) is -0.537. The lowest BCUT2D eigenvalue weighted by Crippen LogP contribution is -2.70. The van der Waals surface area contributed by atoms with Gasteiger partial charge in [-0.3, -0.25) is 14.1 Å². The van der Waals surface area contributed by atoms with Crippen LogP contribution >= 0.6 is 0 Å². The zero-order valence-corrected chi connectivity index (χ0v) is 18.2. The molecule has 6 unspecified atom stereocenters. The Bertz CT molecular complexity index is 1110. The molecule has 2 radical (unpaired) electrons. The lowest BCUT2D eigenvalue weighted by molar-refractivity contribution is -0.221. The Labute approximate surface area is 187 Å². The van der Waals surface area contributed by atoms with Gasteiger partial charge in [-0.15, -0.1) is 0 Å². The molecule has 0 aliphatic heterocycles. The van der Waals surface area contributed by atoms with Crippen molar-refractivity contribution in [3.8, 4) is 5.75 Å². The van der Waals surface area contributed by atoms with Gasteiger partial charge in [0.05, 0.1) is 13.3 Å². The number of ether oxygens (including phenoxy) is 2. The van der Waals surface area contributed by atoms with Gasteiger partial charge in [0.25, 0.3) is 10.1 Å². The lowest BCUT2D eigenvalue weighted by atomic mass is 9.33. The third-order valence-electron chi connectivity index (χ3n) is 7.98. The van der Waals surface area contributed by atoms with Gasteiger partial charge in [-0.05, 0) is 55.6 Å². The summed E-state index contributed by atoms with van der Waals surface area (Å²) in [4.78, 5) is 38.7. The standard InChI is InChI=1S/C22H23BO8S/c23-10-11-1-2-14(20(25)30-3-4-32(27,28)29)17(5-11)31-21(26)22-8-12-6-13(9-22)19(24)18-15(12)7-16(18)22/h1-2,5,12-13,15-16,18H,3-4,6-10H2,(H,27,28,29). The zero-order chi connectivity index (χ0) is 22.8. The van der Waals surface area contributed by atoms with E-state index in [0.29, 0.717) is 36.0 Å². The summed E-state index contributed by atoms with van der Waals surface area (Å²) >= 11 is 0. The largest absolute Gasteiger partial charge is 0.461 e. The molecule has 168 valence electrons. The van der Waals surface area contributed by atoms with Gasteiger partial charge in [0.15, 0.2) is 0 Å². The summed E-state index contributed by atoms with van der Waals surface area (Å²) in [6.07, 6.45) is 3.11. The van der Waals surface area contributed by atoms with Gasteiger partial charge in [-0.1, -0.05) is 17.9 Å². The van der Waals surface area contributed by atoms with E-state index in [1.54, 1.807) is 6.07 Å². The molecule has 6 aliphatic rings. The summed E-state index contributed by atoms with van der Waals surface area (Å²) < 4.78 is 41.3. The third-order valence-corrected chi connectivity index (χ3v) is 8.66. The quantitative estimate of drug-likeness (QED) is 0.283. The van der Waals surface area contributed by atoms with Crippen molar-refractivity contribution in [3.05, 3.63) is 29.3 Å². The molecule has 0 spiro atoms. The SMILES string of the molecule is [B]Cc1ccc(C(=O)OCCS(=O)(=O)O)c(OC(=O)C23CC4CC(C2)C2CC3C2C4=O)c1. The summed E-state index contributed by atoms with van der Waals surface area (Å²) in [5.41, 5.74) is -0.0870. The molecule has 6 aliphatic carbocycles. The molecule has 0 heterocycles. The smallest absolute Gasteiger partial charge is 0.341 e. The molecule has 6 atom stereocenters. The number of hydrogen-bond donors (Lipinski definition) is 1. The van der Waals surface area contributed by atoms with Crippen LogP contribution in [0.2, 0.25) is 0 Å².